The van der Waals surface area contributed by atoms with Crippen LogP contribution in [0.4, 0.5) is 4.39 Å². The standard InChI is InChI=1S/C22H21ClFNO5/c1-2-6-30-19-10-18-15(21(27)16(11-25-18)22(28)29)9-13(19)8-14(26)7-12-4-3-5-17(23)20(12)24/h3-5,9-11,14,26H,2,6-8H2,1H3,(H,25,27)(H,28,29). The Bertz CT molecular complexity index is 1140. The molecule has 0 spiro atoms. The average Bonchev–Trinajstić information content (AvgIpc) is 2.70. The van der Waals surface area contributed by atoms with Crippen LogP contribution in [0, 0.1) is 5.82 Å². The molecule has 0 fully saturated rings. The molecular weight excluding hydrogens is 413 g/mol. The summed E-state index contributed by atoms with van der Waals surface area (Å²) in [6.45, 7) is 2.37. The second kappa shape index (κ2) is 9.28. The summed E-state index contributed by atoms with van der Waals surface area (Å²) in [6.07, 6.45) is 1.02. The molecule has 6 nitrogen and oxygen atoms in total. The monoisotopic (exact) mass is 433 g/mol. The third-order valence-electron chi connectivity index (χ3n) is 4.70. The molecule has 30 heavy (non-hydrogen) atoms. The van der Waals surface area contributed by atoms with Crippen LogP contribution in [-0.4, -0.2) is 33.9 Å². The van der Waals surface area contributed by atoms with E-state index in [1.165, 1.54) is 12.1 Å². The fourth-order valence-electron chi connectivity index (χ4n) is 3.24. The molecule has 158 valence electrons. The maximum absolute atomic E-state index is 14.2. The number of H-pyrrole nitrogens is 1. The van der Waals surface area contributed by atoms with Crippen LogP contribution in [0.2, 0.25) is 5.02 Å². The number of aromatic amines is 1. The first-order chi connectivity index (χ1) is 14.3. The first-order valence-corrected chi connectivity index (χ1v) is 9.85. The van der Waals surface area contributed by atoms with Crippen LogP contribution in [0.3, 0.4) is 0 Å². The Morgan fingerprint density at radius 1 is 1.27 bits per heavy atom. The van der Waals surface area contributed by atoms with E-state index in [0.717, 1.165) is 12.6 Å². The van der Waals surface area contributed by atoms with Gasteiger partial charge in [-0.05, 0) is 29.7 Å². The van der Waals surface area contributed by atoms with Crippen LogP contribution < -0.4 is 10.2 Å². The fraction of sp³-hybridized carbons (Fsp3) is 0.273. The number of rotatable bonds is 8. The van der Waals surface area contributed by atoms with Gasteiger partial charge in [0.15, 0.2) is 0 Å². The molecule has 0 bridgehead atoms. The molecule has 3 rings (SSSR count). The van der Waals surface area contributed by atoms with Gasteiger partial charge in [0.25, 0.3) is 0 Å². The zero-order chi connectivity index (χ0) is 21.8. The van der Waals surface area contributed by atoms with Crippen molar-refractivity contribution in [2.75, 3.05) is 6.61 Å². The molecule has 1 heterocycles. The van der Waals surface area contributed by atoms with E-state index in [0.29, 0.717) is 23.4 Å². The number of hydrogen-bond donors (Lipinski definition) is 3. The highest BCUT2D eigenvalue weighted by Gasteiger charge is 2.18. The van der Waals surface area contributed by atoms with Gasteiger partial charge in [0.2, 0.25) is 5.43 Å². The van der Waals surface area contributed by atoms with Gasteiger partial charge in [-0.1, -0.05) is 30.7 Å². The molecule has 0 aliphatic rings. The van der Waals surface area contributed by atoms with Crippen molar-refractivity contribution >= 4 is 28.5 Å². The maximum atomic E-state index is 14.2. The van der Waals surface area contributed by atoms with Gasteiger partial charge in [-0.15, -0.1) is 0 Å². The Kier molecular flexibility index (Phi) is 6.74. The van der Waals surface area contributed by atoms with Crippen molar-refractivity contribution in [2.45, 2.75) is 32.3 Å². The van der Waals surface area contributed by atoms with E-state index in [1.54, 1.807) is 18.2 Å². The van der Waals surface area contributed by atoms with Crippen molar-refractivity contribution in [3.05, 3.63) is 74.3 Å². The predicted molar refractivity (Wildman–Crippen MR) is 112 cm³/mol. The summed E-state index contributed by atoms with van der Waals surface area (Å²) in [6, 6.07) is 7.71. The average molecular weight is 434 g/mol. The number of aliphatic hydroxyl groups is 1. The van der Waals surface area contributed by atoms with E-state index in [9.17, 15) is 24.2 Å². The van der Waals surface area contributed by atoms with Gasteiger partial charge in [0.05, 0.1) is 23.3 Å². The molecule has 0 aliphatic carbocycles. The molecular formula is C22H21ClFNO5. The van der Waals surface area contributed by atoms with Crippen LogP contribution >= 0.6 is 11.6 Å². The van der Waals surface area contributed by atoms with Crippen molar-refractivity contribution < 1.29 is 24.1 Å². The molecule has 3 N–H and O–H groups in total. The number of hydrogen-bond acceptors (Lipinski definition) is 4. The van der Waals surface area contributed by atoms with Crippen molar-refractivity contribution in [2.24, 2.45) is 0 Å². The third-order valence-corrected chi connectivity index (χ3v) is 4.99. The minimum Gasteiger partial charge on any atom is -0.493 e. The van der Waals surface area contributed by atoms with Crippen LogP contribution in [0.1, 0.15) is 34.8 Å². The minimum absolute atomic E-state index is 0.0170. The maximum Gasteiger partial charge on any atom is 0.341 e. The third kappa shape index (κ3) is 4.63. The Labute approximate surface area is 176 Å². The second-order valence-corrected chi connectivity index (χ2v) is 7.37. The fourth-order valence-corrected chi connectivity index (χ4v) is 3.44. The SMILES string of the molecule is CCCOc1cc2[nH]cc(C(=O)O)c(=O)c2cc1CC(O)Cc1cccc(Cl)c1F. The first kappa shape index (κ1) is 21.8. The lowest BCUT2D eigenvalue weighted by Crippen LogP contribution is -2.18. The zero-order valence-corrected chi connectivity index (χ0v) is 17.0. The summed E-state index contributed by atoms with van der Waals surface area (Å²) in [4.78, 5) is 26.6. The van der Waals surface area contributed by atoms with E-state index < -0.39 is 23.3 Å². The summed E-state index contributed by atoms with van der Waals surface area (Å²) >= 11 is 5.80. The van der Waals surface area contributed by atoms with Gasteiger partial charge in [-0.3, -0.25) is 4.79 Å². The molecule has 0 saturated heterocycles. The molecule has 0 saturated carbocycles. The highest BCUT2D eigenvalue weighted by Crippen LogP contribution is 2.27. The largest absolute Gasteiger partial charge is 0.493 e. The number of benzene rings is 2. The van der Waals surface area contributed by atoms with E-state index in [2.05, 4.69) is 4.98 Å². The van der Waals surface area contributed by atoms with E-state index in [4.69, 9.17) is 16.3 Å². The van der Waals surface area contributed by atoms with Crippen molar-refractivity contribution in [3.8, 4) is 5.75 Å². The molecule has 1 unspecified atom stereocenters. The van der Waals surface area contributed by atoms with Crippen LogP contribution in [0.5, 0.6) is 5.75 Å². The van der Waals surface area contributed by atoms with Crippen LogP contribution in [-0.2, 0) is 12.8 Å². The number of ether oxygens (including phenoxy) is 1. The Hall–Kier alpha value is -2.90. The summed E-state index contributed by atoms with van der Waals surface area (Å²) < 4.78 is 19.9. The van der Waals surface area contributed by atoms with Gasteiger partial charge in [-0.25, -0.2) is 9.18 Å². The molecule has 1 atom stereocenters. The van der Waals surface area contributed by atoms with Gasteiger partial charge in [0, 0.05) is 30.5 Å². The number of nitrogens with one attached hydrogen (secondary N) is 1. The van der Waals surface area contributed by atoms with E-state index in [-0.39, 0.29) is 34.4 Å². The summed E-state index contributed by atoms with van der Waals surface area (Å²) in [5.41, 5.74) is 0.221. The smallest absolute Gasteiger partial charge is 0.341 e. The lowest BCUT2D eigenvalue weighted by molar-refractivity contribution is 0.0695. The predicted octanol–water partition coefficient (Wildman–Crippen LogP) is 3.95. The Morgan fingerprint density at radius 2 is 2.00 bits per heavy atom. The topological polar surface area (TPSA) is 99.6 Å². The van der Waals surface area contributed by atoms with Crippen molar-refractivity contribution in [1.29, 1.82) is 0 Å². The van der Waals surface area contributed by atoms with Crippen molar-refractivity contribution in [1.82, 2.24) is 4.98 Å². The number of pyridine rings is 1. The van der Waals surface area contributed by atoms with Gasteiger partial charge in [-0.2, -0.15) is 0 Å². The molecule has 1 aromatic heterocycles. The van der Waals surface area contributed by atoms with Gasteiger partial charge < -0.3 is 19.9 Å². The Morgan fingerprint density at radius 3 is 2.70 bits per heavy atom. The normalized spacial score (nSPS) is 12.1. The highest BCUT2D eigenvalue weighted by molar-refractivity contribution is 6.30. The molecule has 3 aromatic rings. The van der Waals surface area contributed by atoms with Crippen LogP contribution in [0.15, 0.2) is 41.3 Å². The number of carboxylic acid groups (broad SMARTS) is 1. The second-order valence-electron chi connectivity index (χ2n) is 6.97. The highest BCUT2D eigenvalue weighted by atomic mass is 35.5. The molecule has 0 radical (unpaired) electrons. The quantitative estimate of drug-likeness (QED) is 0.499. The number of carbonyl (C=O) groups is 1. The molecule has 0 aliphatic heterocycles. The van der Waals surface area contributed by atoms with Crippen LogP contribution in [0.25, 0.3) is 10.9 Å². The lowest BCUT2D eigenvalue weighted by Gasteiger charge is -2.16. The zero-order valence-electron chi connectivity index (χ0n) is 16.2. The van der Waals surface area contributed by atoms with Crippen molar-refractivity contribution in [3.63, 3.8) is 0 Å². The molecule has 2 aromatic carbocycles. The van der Waals surface area contributed by atoms with Gasteiger partial charge >= 0.3 is 5.97 Å². The number of fused-ring (bicyclic) bond motifs is 1. The first-order valence-electron chi connectivity index (χ1n) is 9.47. The number of aromatic carboxylic acids is 1. The molecule has 0 amide bonds. The van der Waals surface area contributed by atoms with E-state index in [1.807, 2.05) is 6.92 Å². The summed E-state index contributed by atoms with van der Waals surface area (Å²) in [5, 5.41) is 19.9. The van der Waals surface area contributed by atoms with E-state index >= 15 is 0 Å². The molecule has 8 heteroatoms. The Balaban J connectivity index is 1.98. The minimum atomic E-state index is -1.33. The summed E-state index contributed by atoms with van der Waals surface area (Å²) in [5.74, 6) is -1.45. The number of aliphatic hydroxyl groups excluding tert-OH is 1. The number of aromatic nitrogens is 1. The summed E-state index contributed by atoms with van der Waals surface area (Å²) in [7, 11) is 0. The lowest BCUT2D eigenvalue weighted by atomic mass is 9.98. The van der Waals surface area contributed by atoms with Gasteiger partial charge in [0.1, 0.15) is 17.1 Å². The number of carboxylic acids is 1. The number of halogens is 2.